The zero-order chi connectivity index (χ0) is 16.4. The molecule has 2 aromatic carbocycles. The number of aryl methyl sites for hydroxylation is 1. The highest BCUT2D eigenvalue weighted by Gasteiger charge is 2.26. The van der Waals surface area contributed by atoms with Gasteiger partial charge in [0, 0.05) is 6.20 Å². The van der Waals surface area contributed by atoms with E-state index in [0.717, 1.165) is 27.6 Å². The van der Waals surface area contributed by atoms with Crippen molar-refractivity contribution in [2.75, 3.05) is 0 Å². The van der Waals surface area contributed by atoms with Crippen molar-refractivity contribution in [2.24, 2.45) is 0 Å². The van der Waals surface area contributed by atoms with Crippen LogP contribution in [0.25, 0.3) is 10.8 Å². The molecule has 0 radical (unpaired) electrons. The quantitative estimate of drug-likeness (QED) is 0.787. The van der Waals surface area contributed by atoms with Gasteiger partial charge in [-0.05, 0) is 49.2 Å². The van der Waals surface area contributed by atoms with E-state index in [0.29, 0.717) is 0 Å². The van der Waals surface area contributed by atoms with Crippen LogP contribution in [0.2, 0.25) is 0 Å². The highest BCUT2D eigenvalue weighted by molar-refractivity contribution is 6.08. The number of fused-ring (bicyclic) bond motifs is 1. The molecule has 0 aliphatic heterocycles. The molecule has 1 N–H and O–H groups in total. The minimum atomic E-state index is -0.540. The minimum absolute atomic E-state index is 0.0741. The van der Waals surface area contributed by atoms with Crippen molar-refractivity contribution in [3.05, 3.63) is 77.6 Å². The molecule has 0 bridgehead atoms. The van der Waals surface area contributed by atoms with Crippen molar-refractivity contribution in [1.82, 2.24) is 10.3 Å². The average Bonchev–Trinajstić information content (AvgIpc) is 2.55. The molecule has 1 amide bonds. The van der Waals surface area contributed by atoms with Gasteiger partial charge in [0.25, 0.3) is 5.91 Å². The maximum atomic E-state index is 12.9. The molecule has 116 valence electrons. The number of carbonyl (C=O) groups is 1. The molecule has 3 heteroatoms. The SMILES string of the molecule is Cc1ccc2ccccc2c1C(=O)NC(C)(C)c1ccccn1. The summed E-state index contributed by atoms with van der Waals surface area (Å²) in [6.07, 6.45) is 1.74. The highest BCUT2D eigenvalue weighted by Crippen LogP contribution is 2.24. The van der Waals surface area contributed by atoms with Crippen LogP contribution in [0.5, 0.6) is 0 Å². The van der Waals surface area contributed by atoms with Crippen LogP contribution < -0.4 is 5.32 Å². The van der Waals surface area contributed by atoms with Gasteiger partial charge in [-0.25, -0.2) is 0 Å². The molecular formula is C20H20N2O. The highest BCUT2D eigenvalue weighted by atomic mass is 16.1. The topological polar surface area (TPSA) is 42.0 Å². The molecule has 3 nitrogen and oxygen atoms in total. The van der Waals surface area contributed by atoms with Crippen molar-refractivity contribution >= 4 is 16.7 Å². The van der Waals surface area contributed by atoms with Crippen LogP contribution >= 0.6 is 0 Å². The number of benzene rings is 2. The van der Waals surface area contributed by atoms with Gasteiger partial charge in [-0.3, -0.25) is 9.78 Å². The summed E-state index contributed by atoms with van der Waals surface area (Å²) in [6, 6.07) is 17.7. The third-order valence-corrected chi connectivity index (χ3v) is 4.10. The molecule has 0 aliphatic rings. The van der Waals surface area contributed by atoms with Gasteiger partial charge in [0.05, 0.1) is 16.8 Å². The van der Waals surface area contributed by atoms with Crippen LogP contribution in [0.4, 0.5) is 0 Å². The largest absolute Gasteiger partial charge is 0.341 e. The van der Waals surface area contributed by atoms with Crippen LogP contribution in [0.15, 0.2) is 60.8 Å². The molecule has 0 saturated carbocycles. The Balaban J connectivity index is 2.00. The smallest absolute Gasteiger partial charge is 0.252 e. The fourth-order valence-electron chi connectivity index (χ4n) is 2.82. The molecule has 0 fully saturated rings. The summed E-state index contributed by atoms with van der Waals surface area (Å²) in [4.78, 5) is 17.3. The van der Waals surface area contributed by atoms with E-state index < -0.39 is 5.54 Å². The van der Waals surface area contributed by atoms with Crippen molar-refractivity contribution < 1.29 is 4.79 Å². The van der Waals surface area contributed by atoms with E-state index in [1.165, 1.54) is 0 Å². The van der Waals surface area contributed by atoms with Gasteiger partial charge in [0.2, 0.25) is 0 Å². The predicted octanol–water partition coefficient (Wildman–Crippen LogP) is 4.21. The van der Waals surface area contributed by atoms with E-state index in [-0.39, 0.29) is 5.91 Å². The molecule has 1 aromatic heterocycles. The first kappa shape index (κ1) is 15.2. The Labute approximate surface area is 136 Å². The number of nitrogens with one attached hydrogen (secondary N) is 1. The molecule has 0 aliphatic carbocycles. The summed E-state index contributed by atoms with van der Waals surface area (Å²) in [5.74, 6) is -0.0741. The van der Waals surface area contributed by atoms with Gasteiger partial charge in [-0.2, -0.15) is 0 Å². The van der Waals surface area contributed by atoms with Crippen LogP contribution in [0.1, 0.15) is 35.5 Å². The number of amides is 1. The lowest BCUT2D eigenvalue weighted by molar-refractivity contribution is 0.0911. The zero-order valence-corrected chi connectivity index (χ0v) is 13.6. The second-order valence-corrected chi connectivity index (χ2v) is 6.27. The summed E-state index contributed by atoms with van der Waals surface area (Å²) in [6.45, 7) is 5.90. The minimum Gasteiger partial charge on any atom is -0.341 e. The molecule has 0 spiro atoms. The fourth-order valence-corrected chi connectivity index (χ4v) is 2.82. The van der Waals surface area contributed by atoms with E-state index >= 15 is 0 Å². The van der Waals surface area contributed by atoms with E-state index in [1.807, 2.05) is 75.4 Å². The van der Waals surface area contributed by atoms with Crippen molar-refractivity contribution in [1.29, 1.82) is 0 Å². The number of hydrogen-bond acceptors (Lipinski definition) is 2. The Kier molecular flexibility index (Phi) is 3.87. The second kappa shape index (κ2) is 5.84. The Bertz CT molecular complexity index is 854. The predicted molar refractivity (Wildman–Crippen MR) is 93.4 cm³/mol. The van der Waals surface area contributed by atoms with E-state index in [4.69, 9.17) is 0 Å². The van der Waals surface area contributed by atoms with E-state index in [2.05, 4.69) is 10.3 Å². The van der Waals surface area contributed by atoms with Crippen LogP contribution in [-0.4, -0.2) is 10.9 Å². The van der Waals surface area contributed by atoms with Crippen molar-refractivity contribution in [3.63, 3.8) is 0 Å². The number of rotatable bonds is 3. The van der Waals surface area contributed by atoms with Crippen LogP contribution in [0.3, 0.4) is 0 Å². The van der Waals surface area contributed by atoms with Gasteiger partial charge in [0.1, 0.15) is 0 Å². The Morgan fingerprint density at radius 2 is 1.74 bits per heavy atom. The lowest BCUT2D eigenvalue weighted by Crippen LogP contribution is -2.41. The molecule has 23 heavy (non-hydrogen) atoms. The zero-order valence-electron chi connectivity index (χ0n) is 13.6. The van der Waals surface area contributed by atoms with Crippen molar-refractivity contribution in [3.8, 4) is 0 Å². The third kappa shape index (κ3) is 2.95. The van der Waals surface area contributed by atoms with E-state index in [9.17, 15) is 4.79 Å². The van der Waals surface area contributed by atoms with Gasteiger partial charge in [-0.1, -0.05) is 42.5 Å². The van der Waals surface area contributed by atoms with E-state index in [1.54, 1.807) is 6.20 Å². The van der Waals surface area contributed by atoms with Crippen LogP contribution in [-0.2, 0) is 5.54 Å². The second-order valence-electron chi connectivity index (χ2n) is 6.27. The molecule has 0 unspecified atom stereocenters. The lowest BCUT2D eigenvalue weighted by atomic mass is 9.95. The van der Waals surface area contributed by atoms with Gasteiger partial charge in [0.15, 0.2) is 0 Å². The maximum absolute atomic E-state index is 12.9. The number of nitrogens with zero attached hydrogens (tertiary/aromatic N) is 1. The number of aromatic nitrogens is 1. The maximum Gasteiger partial charge on any atom is 0.252 e. The average molecular weight is 304 g/mol. The van der Waals surface area contributed by atoms with Crippen LogP contribution in [0, 0.1) is 6.92 Å². The molecule has 3 rings (SSSR count). The molecule has 0 saturated heterocycles. The number of pyridine rings is 1. The summed E-state index contributed by atoms with van der Waals surface area (Å²) in [5, 5.41) is 5.16. The summed E-state index contributed by atoms with van der Waals surface area (Å²) in [7, 11) is 0. The number of hydrogen-bond donors (Lipinski definition) is 1. The fraction of sp³-hybridized carbons (Fsp3) is 0.200. The van der Waals surface area contributed by atoms with Gasteiger partial charge in [-0.15, -0.1) is 0 Å². The standard InChI is InChI=1S/C20H20N2O/c1-14-11-12-15-8-4-5-9-16(15)18(14)19(23)22-20(2,3)17-10-6-7-13-21-17/h4-13H,1-3H3,(H,22,23). The Hall–Kier alpha value is -2.68. The molecule has 0 atom stereocenters. The first-order valence-electron chi connectivity index (χ1n) is 7.71. The molecular weight excluding hydrogens is 284 g/mol. The Morgan fingerprint density at radius 3 is 2.48 bits per heavy atom. The lowest BCUT2D eigenvalue weighted by Gasteiger charge is -2.26. The first-order chi connectivity index (χ1) is 11.0. The third-order valence-electron chi connectivity index (χ3n) is 4.10. The number of carbonyl (C=O) groups excluding carboxylic acids is 1. The summed E-state index contributed by atoms with van der Waals surface area (Å²) < 4.78 is 0. The summed E-state index contributed by atoms with van der Waals surface area (Å²) >= 11 is 0. The molecule has 3 aromatic rings. The Morgan fingerprint density at radius 1 is 1.00 bits per heavy atom. The normalized spacial score (nSPS) is 11.4. The first-order valence-corrected chi connectivity index (χ1v) is 7.71. The van der Waals surface area contributed by atoms with Crippen molar-refractivity contribution in [2.45, 2.75) is 26.3 Å². The molecule has 1 heterocycles. The van der Waals surface area contributed by atoms with Gasteiger partial charge >= 0.3 is 0 Å². The monoisotopic (exact) mass is 304 g/mol. The van der Waals surface area contributed by atoms with Gasteiger partial charge < -0.3 is 5.32 Å². The summed E-state index contributed by atoms with van der Waals surface area (Å²) in [5.41, 5.74) is 2.00.